The molecule has 32 heavy (non-hydrogen) atoms. The fourth-order valence-corrected chi connectivity index (χ4v) is 5.89. The van der Waals surface area contributed by atoms with Gasteiger partial charge in [-0.25, -0.2) is 0 Å². The van der Waals surface area contributed by atoms with Crippen molar-refractivity contribution < 1.29 is 9.59 Å². The van der Waals surface area contributed by atoms with Crippen molar-refractivity contribution in [1.29, 1.82) is 0 Å². The summed E-state index contributed by atoms with van der Waals surface area (Å²) in [5.41, 5.74) is 3.55. The van der Waals surface area contributed by atoms with Crippen LogP contribution in [-0.4, -0.2) is 77.8 Å². The van der Waals surface area contributed by atoms with Crippen LogP contribution in [0.2, 0.25) is 0 Å². The van der Waals surface area contributed by atoms with Crippen molar-refractivity contribution in [2.75, 3.05) is 46.3 Å². The van der Waals surface area contributed by atoms with E-state index in [-0.39, 0.29) is 17.2 Å². The molecule has 2 saturated heterocycles. The maximum absolute atomic E-state index is 13.1. The number of nitrogens with zero attached hydrogens (tertiary/aromatic N) is 4. The van der Waals surface area contributed by atoms with Crippen LogP contribution in [0.25, 0.3) is 0 Å². The molecule has 5 rings (SSSR count). The lowest BCUT2D eigenvalue weighted by molar-refractivity contribution is -0.133. The molecule has 1 aliphatic carbocycles. The Labute approximate surface area is 190 Å². The van der Waals surface area contributed by atoms with Crippen LogP contribution in [-0.2, 0) is 10.2 Å². The fraction of sp³-hybridized carbons (Fsp3) is 0.500. The molecule has 1 aromatic heterocycles. The minimum absolute atomic E-state index is 0.0820. The van der Waals surface area contributed by atoms with Gasteiger partial charge < -0.3 is 14.7 Å². The summed E-state index contributed by atoms with van der Waals surface area (Å²) < 4.78 is 0. The largest absolute Gasteiger partial charge is 0.340 e. The van der Waals surface area contributed by atoms with Crippen LogP contribution in [0.15, 0.2) is 48.8 Å². The molecule has 2 aromatic rings. The van der Waals surface area contributed by atoms with Crippen LogP contribution < -0.4 is 0 Å². The zero-order chi connectivity index (χ0) is 22.1. The van der Waals surface area contributed by atoms with Gasteiger partial charge in [-0.1, -0.05) is 24.3 Å². The number of benzene rings is 1. The highest BCUT2D eigenvalue weighted by Gasteiger charge is 2.46. The molecule has 0 saturated carbocycles. The van der Waals surface area contributed by atoms with E-state index in [9.17, 15) is 9.59 Å². The van der Waals surface area contributed by atoms with E-state index < -0.39 is 0 Å². The Hall–Kier alpha value is -2.73. The van der Waals surface area contributed by atoms with E-state index in [0.29, 0.717) is 17.9 Å². The van der Waals surface area contributed by atoms with Gasteiger partial charge in [-0.2, -0.15) is 0 Å². The van der Waals surface area contributed by atoms with Gasteiger partial charge in [0.2, 0.25) is 5.91 Å². The molecule has 168 valence electrons. The van der Waals surface area contributed by atoms with E-state index >= 15 is 0 Å². The van der Waals surface area contributed by atoms with Crippen molar-refractivity contribution in [3.8, 4) is 0 Å². The second-order valence-electron chi connectivity index (χ2n) is 9.68. The van der Waals surface area contributed by atoms with Crippen LogP contribution in [0.5, 0.6) is 0 Å². The van der Waals surface area contributed by atoms with Gasteiger partial charge in [0, 0.05) is 63.6 Å². The number of carbonyl (C=O) groups excluding carboxylic acids is 2. The highest BCUT2D eigenvalue weighted by Crippen LogP contribution is 2.52. The predicted octanol–water partition coefficient (Wildman–Crippen LogP) is 2.91. The summed E-state index contributed by atoms with van der Waals surface area (Å²) in [5.74, 6) is 0.663. The molecule has 1 spiro atoms. The van der Waals surface area contributed by atoms with Crippen LogP contribution >= 0.6 is 0 Å². The molecular weight excluding hydrogens is 400 g/mol. The SMILES string of the molecule is CN1CCN(C(=O)CC2CC3(CCN(C(=O)c4ccncc4)CC3)c3ccccc32)CC1. The first-order chi connectivity index (χ1) is 15.6. The monoisotopic (exact) mass is 432 g/mol. The number of piperidine rings is 1. The molecule has 6 heteroatoms. The molecule has 2 aliphatic heterocycles. The molecular formula is C26H32N4O2. The second kappa shape index (κ2) is 8.66. The topological polar surface area (TPSA) is 56.8 Å². The van der Waals surface area contributed by atoms with Crippen molar-refractivity contribution >= 4 is 11.8 Å². The molecule has 0 N–H and O–H groups in total. The quantitative estimate of drug-likeness (QED) is 0.748. The molecule has 3 aliphatic rings. The van der Waals surface area contributed by atoms with Crippen LogP contribution in [0.4, 0.5) is 0 Å². The first-order valence-electron chi connectivity index (χ1n) is 11.8. The maximum atomic E-state index is 13.1. The lowest BCUT2D eigenvalue weighted by Crippen LogP contribution is -2.47. The lowest BCUT2D eigenvalue weighted by atomic mass is 9.73. The molecule has 1 atom stereocenters. The Kier molecular flexibility index (Phi) is 5.72. The maximum Gasteiger partial charge on any atom is 0.253 e. The number of carbonyl (C=O) groups is 2. The number of rotatable bonds is 3. The molecule has 3 heterocycles. The van der Waals surface area contributed by atoms with Gasteiger partial charge >= 0.3 is 0 Å². The molecule has 1 unspecified atom stereocenters. The molecule has 2 amide bonds. The third-order valence-corrected chi connectivity index (χ3v) is 7.82. The third-order valence-electron chi connectivity index (χ3n) is 7.82. The summed E-state index contributed by atoms with van der Waals surface area (Å²) >= 11 is 0. The van der Waals surface area contributed by atoms with Gasteiger partial charge in [-0.15, -0.1) is 0 Å². The Balaban J connectivity index is 1.29. The van der Waals surface area contributed by atoms with E-state index in [4.69, 9.17) is 0 Å². The van der Waals surface area contributed by atoms with Crippen molar-refractivity contribution in [2.45, 2.75) is 37.0 Å². The lowest BCUT2D eigenvalue weighted by Gasteiger charge is -2.40. The number of hydrogen-bond acceptors (Lipinski definition) is 4. The van der Waals surface area contributed by atoms with Crippen LogP contribution in [0.1, 0.15) is 53.1 Å². The van der Waals surface area contributed by atoms with E-state index in [1.165, 1.54) is 11.1 Å². The van der Waals surface area contributed by atoms with Gasteiger partial charge in [0.15, 0.2) is 0 Å². The highest BCUT2D eigenvalue weighted by atomic mass is 16.2. The fourth-order valence-electron chi connectivity index (χ4n) is 5.89. The van der Waals surface area contributed by atoms with Gasteiger partial charge in [-0.05, 0) is 60.9 Å². The Morgan fingerprint density at radius 2 is 1.62 bits per heavy atom. The number of likely N-dealkylation sites (tertiary alicyclic amines) is 1. The van der Waals surface area contributed by atoms with Gasteiger partial charge in [-0.3, -0.25) is 14.6 Å². The standard InChI is InChI=1S/C26H32N4O2/c1-28-14-16-29(17-15-28)24(31)18-21-19-26(23-5-3-2-4-22(21)23)8-12-30(13-9-26)25(32)20-6-10-27-11-7-20/h2-7,10-11,21H,8-9,12-19H2,1H3. The summed E-state index contributed by atoms with van der Waals surface area (Å²) in [7, 11) is 2.12. The molecule has 2 fully saturated rings. The first kappa shape index (κ1) is 21.1. The Morgan fingerprint density at radius 3 is 2.34 bits per heavy atom. The van der Waals surface area contributed by atoms with Crippen molar-refractivity contribution in [3.05, 3.63) is 65.5 Å². The van der Waals surface area contributed by atoms with Crippen molar-refractivity contribution in [3.63, 3.8) is 0 Å². The van der Waals surface area contributed by atoms with E-state index in [1.807, 2.05) is 9.80 Å². The van der Waals surface area contributed by atoms with Crippen molar-refractivity contribution in [1.82, 2.24) is 19.7 Å². The summed E-state index contributed by atoms with van der Waals surface area (Å²) in [4.78, 5) is 36.3. The third kappa shape index (κ3) is 3.92. The minimum atomic E-state index is 0.0820. The summed E-state index contributed by atoms with van der Waals surface area (Å²) in [5, 5.41) is 0. The molecule has 1 aromatic carbocycles. The van der Waals surface area contributed by atoms with Crippen LogP contribution in [0, 0.1) is 0 Å². The zero-order valence-corrected chi connectivity index (χ0v) is 18.9. The highest BCUT2D eigenvalue weighted by molar-refractivity contribution is 5.94. The number of fused-ring (bicyclic) bond motifs is 2. The van der Waals surface area contributed by atoms with E-state index in [0.717, 1.165) is 58.5 Å². The molecule has 0 radical (unpaired) electrons. The number of amides is 2. The second-order valence-corrected chi connectivity index (χ2v) is 9.68. The smallest absolute Gasteiger partial charge is 0.253 e. The molecule has 6 nitrogen and oxygen atoms in total. The number of piperazine rings is 1. The normalized spacial score (nSPS) is 22.7. The summed E-state index contributed by atoms with van der Waals surface area (Å²) in [6.45, 7) is 5.10. The summed E-state index contributed by atoms with van der Waals surface area (Å²) in [6, 6.07) is 12.3. The minimum Gasteiger partial charge on any atom is -0.340 e. The number of aromatic nitrogens is 1. The Bertz CT molecular complexity index is 976. The summed E-state index contributed by atoms with van der Waals surface area (Å²) in [6.07, 6.45) is 6.88. The first-order valence-corrected chi connectivity index (χ1v) is 11.8. The predicted molar refractivity (Wildman–Crippen MR) is 124 cm³/mol. The molecule has 0 bridgehead atoms. The number of pyridine rings is 1. The van der Waals surface area contributed by atoms with Crippen molar-refractivity contribution in [2.24, 2.45) is 0 Å². The average Bonchev–Trinajstić information content (AvgIpc) is 3.13. The zero-order valence-electron chi connectivity index (χ0n) is 18.9. The average molecular weight is 433 g/mol. The van der Waals surface area contributed by atoms with Gasteiger partial charge in [0.1, 0.15) is 0 Å². The van der Waals surface area contributed by atoms with E-state index in [2.05, 4.69) is 41.2 Å². The number of likely N-dealkylation sites (N-methyl/N-ethyl adjacent to an activating group) is 1. The van der Waals surface area contributed by atoms with E-state index in [1.54, 1.807) is 24.5 Å². The van der Waals surface area contributed by atoms with Gasteiger partial charge in [0.05, 0.1) is 0 Å². The van der Waals surface area contributed by atoms with Crippen LogP contribution in [0.3, 0.4) is 0 Å². The number of hydrogen-bond donors (Lipinski definition) is 0. The Morgan fingerprint density at radius 1 is 0.938 bits per heavy atom. The van der Waals surface area contributed by atoms with Gasteiger partial charge in [0.25, 0.3) is 5.91 Å².